The minimum Gasteiger partial charge on any atom is -0.298 e. The lowest BCUT2D eigenvalue weighted by Crippen LogP contribution is -2.35. The molecule has 0 aliphatic carbocycles. The summed E-state index contributed by atoms with van der Waals surface area (Å²) < 4.78 is 27.4. The zero-order valence-electron chi connectivity index (χ0n) is 16.3. The predicted octanol–water partition coefficient (Wildman–Crippen LogP) is 5.54. The molecule has 0 radical (unpaired) electrons. The Bertz CT molecular complexity index is 1200. The molecule has 1 aromatic heterocycles. The van der Waals surface area contributed by atoms with E-state index in [1.165, 1.54) is 33.8 Å². The highest BCUT2D eigenvalue weighted by Gasteiger charge is 2.27. The van der Waals surface area contributed by atoms with Crippen molar-refractivity contribution in [2.75, 3.05) is 18.4 Å². The average molecular weight is 496 g/mol. The van der Waals surface area contributed by atoms with Crippen molar-refractivity contribution >= 4 is 55.6 Å². The maximum atomic E-state index is 12.9. The summed E-state index contributed by atoms with van der Waals surface area (Å²) in [5, 5.41) is 5.71. The number of anilines is 1. The molecule has 2 aromatic carbocycles. The summed E-state index contributed by atoms with van der Waals surface area (Å²) in [7, 11) is -3.67. The normalized spacial score (nSPS) is 15.0. The lowest BCUT2D eigenvalue weighted by atomic mass is 10.2. The fraction of sp³-hybridized carbons (Fsp3) is 0.238. The van der Waals surface area contributed by atoms with Crippen molar-refractivity contribution in [1.82, 2.24) is 9.29 Å². The predicted molar refractivity (Wildman–Crippen MR) is 125 cm³/mol. The SMILES string of the molecule is O=C(Nc1nc(-c2ccc(Cl)cc2)cs1)c1cc(S(=O)(=O)N2CCCCC2)ccc1Cl. The maximum Gasteiger partial charge on any atom is 0.259 e. The molecule has 1 aliphatic heterocycles. The van der Waals surface area contributed by atoms with Crippen molar-refractivity contribution < 1.29 is 13.2 Å². The molecule has 10 heteroatoms. The van der Waals surface area contributed by atoms with Crippen LogP contribution in [-0.2, 0) is 10.0 Å². The first-order valence-corrected chi connectivity index (χ1v) is 12.7. The van der Waals surface area contributed by atoms with E-state index in [4.69, 9.17) is 23.2 Å². The number of rotatable bonds is 5. The lowest BCUT2D eigenvalue weighted by Gasteiger charge is -2.26. The van der Waals surface area contributed by atoms with Gasteiger partial charge in [0.2, 0.25) is 10.0 Å². The van der Waals surface area contributed by atoms with Gasteiger partial charge >= 0.3 is 0 Å². The molecular formula is C21H19Cl2N3O3S2. The first-order valence-electron chi connectivity index (χ1n) is 9.67. The van der Waals surface area contributed by atoms with Gasteiger partial charge in [-0.1, -0.05) is 41.8 Å². The molecule has 1 aliphatic rings. The monoisotopic (exact) mass is 495 g/mol. The fourth-order valence-corrected chi connectivity index (χ4v) is 5.93. The summed E-state index contributed by atoms with van der Waals surface area (Å²) in [6.45, 7) is 0.970. The molecule has 6 nitrogen and oxygen atoms in total. The van der Waals surface area contributed by atoms with E-state index in [9.17, 15) is 13.2 Å². The van der Waals surface area contributed by atoms with Crippen LogP contribution in [-0.4, -0.2) is 36.7 Å². The molecule has 1 fully saturated rings. The second-order valence-electron chi connectivity index (χ2n) is 7.11. The third kappa shape index (κ3) is 4.94. The minimum atomic E-state index is -3.67. The number of aromatic nitrogens is 1. The van der Waals surface area contributed by atoms with Crippen LogP contribution in [0.2, 0.25) is 10.0 Å². The van der Waals surface area contributed by atoms with Gasteiger partial charge in [0, 0.05) is 29.1 Å². The Hall–Kier alpha value is -1.97. The summed E-state index contributed by atoms with van der Waals surface area (Å²) in [6, 6.07) is 11.4. The summed E-state index contributed by atoms with van der Waals surface area (Å²) in [5.41, 5.74) is 1.65. The number of halogens is 2. The van der Waals surface area contributed by atoms with E-state index in [0.29, 0.717) is 28.9 Å². The molecule has 0 unspecified atom stereocenters. The zero-order valence-corrected chi connectivity index (χ0v) is 19.5. The van der Waals surface area contributed by atoms with E-state index in [0.717, 1.165) is 24.8 Å². The van der Waals surface area contributed by atoms with Crippen molar-refractivity contribution in [3.8, 4) is 11.3 Å². The number of carbonyl (C=O) groups excluding carboxylic acids is 1. The van der Waals surface area contributed by atoms with Crippen LogP contribution in [0.15, 0.2) is 52.7 Å². The van der Waals surface area contributed by atoms with Crippen molar-refractivity contribution in [3.63, 3.8) is 0 Å². The summed E-state index contributed by atoms with van der Waals surface area (Å²) in [6.07, 6.45) is 2.69. The number of piperidine rings is 1. The molecule has 1 N–H and O–H groups in total. The van der Waals surface area contributed by atoms with Gasteiger partial charge in [0.05, 0.1) is 21.2 Å². The summed E-state index contributed by atoms with van der Waals surface area (Å²) in [4.78, 5) is 17.3. The van der Waals surface area contributed by atoms with Crippen LogP contribution < -0.4 is 5.32 Å². The second kappa shape index (κ2) is 9.26. The number of thiazole rings is 1. The molecular weight excluding hydrogens is 477 g/mol. The molecule has 3 aromatic rings. The van der Waals surface area contributed by atoms with Crippen molar-refractivity contribution in [3.05, 3.63) is 63.5 Å². The van der Waals surface area contributed by atoms with Gasteiger partial charge in [-0.05, 0) is 43.2 Å². The van der Waals surface area contributed by atoms with Crippen molar-refractivity contribution in [1.29, 1.82) is 0 Å². The van der Waals surface area contributed by atoms with E-state index in [1.807, 2.05) is 17.5 Å². The molecule has 31 heavy (non-hydrogen) atoms. The summed E-state index contributed by atoms with van der Waals surface area (Å²) in [5.74, 6) is -0.516. The molecule has 4 rings (SSSR count). The third-order valence-electron chi connectivity index (χ3n) is 5.00. The Morgan fingerprint density at radius 3 is 2.45 bits per heavy atom. The van der Waals surface area contributed by atoms with Crippen molar-refractivity contribution in [2.45, 2.75) is 24.2 Å². The maximum absolute atomic E-state index is 12.9. The van der Waals surface area contributed by atoms with Gasteiger partial charge in [0.15, 0.2) is 5.13 Å². The third-order valence-corrected chi connectivity index (χ3v) is 8.23. The minimum absolute atomic E-state index is 0.0601. The zero-order chi connectivity index (χ0) is 22.0. The first kappa shape index (κ1) is 22.2. The van der Waals surface area contributed by atoms with Crippen LogP contribution in [0.3, 0.4) is 0 Å². The van der Waals surface area contributed by atoms with Gasteiger partial charge in [0.1, 0.15) is 0 Å². The number of nitrogens with one attached hydrogen (secondary N) is 1. The van der Waals surface area contributed by atoms with Gasteiger partial charge < -0.3 is 0 Å². The highest BCUT2D eigenvalue weighted by molar-refractivity contribution is 7.89. The van der Waals surface area contributed by atoms with E-state index in [2.05, 4.69) is 10.3 Å². The van der Waals surface area contributed by atoms with Crippen LogP contribution in [0, 0.1) is 0 Å². The summed E-state index contributed by atoms with van der Waals surface area (Å²) >= 11 is 13.4. The molecule has 1 amide bonds. The molecule has 162 valence electrons. The molecule has 0 atom stereocenters. The van der Waals surface area contributed by atoms with E-state index in [1.54, 1.807) is 12.1 Å². The molecule has 2 heterocycles. The quantitative estimate of drug-likeness (QED) is 0.503. The van der Waals surface area contributed by atoms with Gasteiger partial charge in [-0.15, -0.1) is 11.3 Å². The van der Waals surface area contributed by atoms with Crippen LogP contribution in [0.25, 0.3) is 11.3 Å². The Balaban J connectivity index is 1.55. The van der Waals surface area contributed by atoms with Gasteiger partial charge in [-0.25, -0.2) is 13.4 Å². The number of benzene rings is 2. The van der Waals surface area contributed by atoms with Crippen LogP contribution in [0.4, 0.5) is 5.13 Å². The number of amides is 1. The van der Waals surface area contributed by atoms with Crippen molar-refractivity contribution in [2.24, 2.45) is 0 Å². The molecule has 0 saturated carbocycles. The number of carbonyl (C=O) groups is 1. The van der Waals surface area contributed by atoms with Gasteiger partial charge in [-0.2, -0.15) is 4.31 Å². The first-order chi connectivity index (χ1) is 14.8. The van der Waals surface area contributed by atoms with Crippen LogP contribution >= 0.6 is 34.5 Å². The standard InChI is InChI=1S/C21H19Cl2N3O3S2/c22-15-6-4-14(5-7-15)19-13-30-21(24-19)25-20(27)17-12-16(8-9-18(17)23)31(28,29)26-10-2-1-3-11-26/h4-9,12-13H,1-3,10-11H2,(H,24,25,27). The second-order valence-corrected chi connectivity index (χ2v) is 10.7. The largest absolute Gasteiger partial charge is 0.298 e. The number of hydrogen-bond acceptors (Lipinski definition) is 5. The smallest absolute Gasteiger partial charge is 0.259 e. The highest BCUT2D eigenvalue weighted by atomic mass is 35.5. The molecule has 0 spiro atoms. The van der Waals surface area contributed by atoms with E-state index >= 15 is 0 Å². The Kier molecular flexibility index (Phi) is 6.64. The Morgan fingerprint density at radius 1 is 1.03 bits per heavy atom. The topological polar surface area (TPSA) is 79.4 Å². The van der Waals surface area contributed by atoms with E-state index in [-0.39, 0.29) is 15.5 Å². The van der Waals surface area contributed by atoms with Gasteiger partial charge in [0.25, 0.3) is 5.91 Å². The Morgan fingerprint density at radius 2 is 1.74 bits per heavy atom. The highest BCUT2D eigenvalue weighted by Crippen LogP contribution is 2.28. The lowest BCUT2D eigenvalue weighted by molar-refractivity contribution is 0.102. The van der Waals surface area contributed by atoms with Crippen LogP contribution in [0.1, 0.15) is 29.6 Å². The van der Waals surface area contributed by atoms with E-state index < -0.39 is 15.9 Å². The van der Waals surface area contributed by atoms with Crippen LogP contribution in [0.5, 0.6) is 0 Å². The number of sulfonamides is 1. The Labute approximate surface area is 194 Å². The number of hydrogen-bond donors (Lipinski definition) is 1. The molecule has 0 bridgehead atoms. The average Bonchev–Trinajstić information content (AvgIpc) is 3.23. The number of nitrogens with zero attached hydrogens (tertiary/aromatic N) is 2. The van der Waals surface area contributed by atoms with Gasteiger partial charge in [-0.3, -0.25) is 10.1 Å². The fourth-order valence-electron chi connectivity index (χ4n) is 3.34. The molecule has 1 saturated heterocycles.